The molecule has 12 nitrogen and oxygen atoms in total. The smallest absolute Gasteiger partial charge is 0.325 e. The number of hydrogen-bond acceptors (Lipinski definition) is 8. The molecule has 0 spiro atoms. The van der Waals surface area contributed by atoms with Gasteiger partial charge in [-0.2, -0.15) is 0 Å². The van der Waals surface area contributed by atoms with Crippen LogP contribution in [0.4, 0.5) is 10.5 Å². The lowest BCUT2D eigenvalue weighted by molar-refractivity contribution is -0.384. The predicted octanol–water partition coefficient (Wildman–Crippen LogP) is -0.253. The van der Waals surface area contributed by atoms with Crippen LogP contribution in [0, 0.1) is 10.1 Å². The number of amides is 2. The Morgan fingerprint density at radius 2 is 1.96 bits per heavy atom. The van der Waals surface area contributed by atoms with Crippen LogP contribution in [0.25, 0.3) is 0 Å². The Hall–Kier alpha value is -3.41. The van der Waals surface area contributed by atoms with Gasteiger partial charge in [0.25, 0.3) is 5.69 Å². The normalized spacial score (nSPS) is 10.9. The first-order chi connectivity index (χ1) is 12.7. The zero-order valence-electron chi connectivity index (χ0n) is 15.1. The number of rotatable bonds is 9. The summed E-state index contributed by atoms with van der Waals surface area (Å²) in [6, 6.07) is 5.11. The maximum atomic E-state index is 12.4. The van der Waals surface area contributed by atoms with E-state index in [4.69, 9.17) is 16.3 Å². The second kappa shape index (κ2) is 10.6. The molecule has 0 heterocycles. The molecule has 0 aliphatic carbocycles. The number of non-ortho nitro benzene ring substituents is 1. The number of nitro benzene ring substituents is 1. The van der Waals surface area contributed by atoms with E-state index in [1.54, 1.807) is 6.92 Å². The Labute approximate surface area is 155 Å². The number of amidine groups is 1. The van der Waals surface area contributed by atoms with Crippen molar-refractivity contribution < 1.29 is 19.2 Å². The van der Waals surface area contributed by atoms with Crippen LogP contribution in [0.2, 0.25) is 0 Å². The second-order valence-corrected chi connectivity index (χ2v) is 5.41. The molecular weight excluding hydrogens is 358 g/mol. The number of hydrogen-bond donors (Lipinski definition) is 3. The first kappa shape index (κ1) is 21.6. The van der Waals surface area contributed by atoms with Crippen LogP contribution in [0.5, 0.6) is 0 Å². The molecular formula is C15H23N7O5. The van der Waals surface area contributed by atoms with Gasteiger partial charge in [0, 0.05) is 25.7 Å². The fourth-order valence-electron chi connectivity index (χ4n) is 2.04. The van der Waals surface area contributed by atoms with Gasteiger partial charge in [-0.05, 0) is 12.5 Å². The van der Waals surface area contributed by atoms with Gasteiger partial charge in [0.15, 0.2) is 0 Å². The first-order valence-electron chi connectivity index (χ1n) is 7.96. The van der Waals surface area contributed by atoms with E-state index in [9.17, 15) is 19.7 Å². The number of hydrazone groups is 1. The van der Waals surface area contributed by atoms with Gasteiger partial charge in [0.05, 0.1) is 18.1 Å². The lowest BCUT2D eigenvalue weighted by atomic mass is 10.2. The van der Waals surface area contributed by atoms with Crippen LogP contribution in [0.3, 0.4) is 0 Å². The minimum atomic E-state index is -0.584. The van der Waals surface area contributed by atoms with Gasteiger partial charge in [0.2, 0.25) is 0 Å². The molecule has 148 valence electrons. The Morgan fingerprint density at radius 3 is 2.48 bits per heavy atom. The van der Waals surface area contributed by atoms with Crippen LogP contribution in [-0.4, -0.2) is 59.5 Å². The molecule has 0 bridgehead atoms. The number of esters is 1. The van der Waals surface area contributed by atoms with Gasteiger partial charge in [-0.1, -0.05) is 12.1 Å². The molecule has 2 amide bonds. The minimum Gasteiger partial charge on any atom is -0.465 e. The minimum absolute atomic E-state index is 0.0631. The second-order valence-electron chi connectivity index (χ2n) is 5.41. The Morgan fingerprint density at radius 1 is 1.33 bits per heavy atom. The summed E-state index contributed by atoms with van der Waals surface area (Å²) in [4.78, 5) is 35.3. The number of carbonyl (C=O) groups excluding carboxylic acids is 2. The van der Waals surface area contributed by atoms with E-state index in [1.165, 1.54) is 36.2 Å². The zero-order valence-corrected chi connectivity index (χ0v) is 15.1. The third kappa shape index (κ3) is 8.00. The molecule has 0 unspecified atom stereocenters. The molecule has 0 saturated carbocycles. The van der Waals surface area contributed by atoms with Gasteiger partial charge >= 0.3 is 12.0 Å². The van der Waals surface area contributed by atoms with E-state index < -0.39 is 16.9 Å². The van der Waals surface area contributed by atoms with Gasteiger partial charge < -0.3 is 20.7 Å². The number of urea groups is 1. The average molecular weight is 381 g/mol. The maximum Gasteiger partial charge on any atom is 0.325 e. The van der Waals surface area contributed by atoms with Crippen molar-refractivity contribution >= 4 is 23.5 Å². The Balaban J connectivity index is 2.87. The van der Waals surface area contributed by atoms with Crippen LogP contribution >= 0.6 is 0 Å². The number of benzene rings is 1. The van der Waals surface area contributed by atoms with Crippen molar-refractivity contribution in [3.05, 3.63) is 39.9 Å². The molecule has 27 heavy (non-hydrogen) atoms. The maximum absolute atomic E-state index is 12.4. The van der Waals surface area contributed by atoms with E-state index >= 15 is 0 Å². The summed E-state index contributed by atoms with van der Waals surface area (Å²) >= 11 is 0. The molecule has 0 saturated heterocycles. The summed E-state index contributed by atoms with van der Waals surface area (Å²) in [6.45, 7) is 1.55. The van der Waals surface area contributed by atoms with Gasteiger partial charge in [0.1, 0.15) is 12.4 Å². The summed E-state index contributed by atoms with van der Waals surface area (Å²) < 4.78 is 4.75. The highest BCUT2D eigenvalue weighted by molar-refractivity contribution is 5.87. The van der Waals surface area contributed by atoms with Crippen molar-refractivity contribution in [1.29, 1.82) is 0 Å². The molecule has 1 rings (SSSR count). The van der Waals surface area contributed by atoms with Gasteiger partial charge in [-0.25, -0.2) is 15.8 Å². The van der Waals surface area contributed by atoms with E-state index in [1.807, 2.05) is 0 Å². The zero-order chi connectivity index (χ0) is 20.4. The molecule has 12 heteroatoms. The van der Waals surface area contributed by atoms with Crippen molar-refractivity contribution in [2.75, 3.05) is 26.7 Å². The Bertz CT molecular complexity index is 690. The first-order valence-corrected chi connectivity index (χ1v) is 7.96. The largest absolute Gasteiger partial charge is 0.465 e. The highest BCUT2D eigenvalue weighted by Crippen LogP contribution is 2.13. The molecule has 0 aliphatic rings. The number of nitrogens with zero attached hydrogens (tertiary/aromatic N) is 4. The Kier molecular flexibility index (Phi) is 8.45. The van der Waals surface area contributed by atoms with Gasteiger partial charge in [-0.15, -0.1) is 5.10 Å². The molecule has 1 aromatic carbocycles. The summed E-state index contributed by atoms with van der Waals surface area (Å²) in [6.07, 6.45) is 0. The molecule has 0 atom stereocenters. The number of ether oxygens (including phenoxy) is 1. The van der Waals surface area contributed by atoms with Crippen molar-refractivity contribution in [3.8, 4) is 0 Å². The molecule has 1 aromatic rings. The SMILES string of the molecule is CCOC(=O)CNC(=O)N(C/C(N)=N/N(C)N)Cc1ccc([N+](=O)[O-])cc1. The van der Waals surface area contributed by atoms with Crippen LogP contribution in [-0.2, 0) is 16.1 Å². The monoisotopic (exact) mass is 381 g/mol. The number of nitrogens with two attached hydrogens (primary N) is 2. The van der Waals surface area contributed by atoms with E-state index in [-0.39, 0.29) is 37.8 Å². The summed E-state index contributed by atoms with van der Waals surface area (Å²) in [5, 5.41) is 18.0. The number of nitrogens with one attached hydrogen (secondary N) is 1. The topological polar surface area (TPSA) is 169 Å². The van der Waals surface area contributed by atoms with Crippen molar-refractivity contribution in [2.24, 2.45) is 16.7 Å². The predicted molar refractivity (Wildman–Crippen MR) is 97.1 cm³/mol. The van der Waals surface area contributed by atoms with Crippen LogP contribution in [0.15, 0.2) is 29.4 Å². The lowest BCUT2D eigenvalue weighted by Gasteiger charge is -2.23. The molecule has 0 aliphatic heterocycles. The highest BCUT2D eigenvalue weighted by atomic mass is 16.6. The fourth-order valence-corrected chi connectivity index (χ4v) is 2.04. The quantitative estimate of drug-likeness (QED) is 0.131. The standard InChI is InChI=1S/C15H23N7O5/c1-3-27-14(23)8-18-15(24)21(10-13(16)19-20(2)17)9-11-4-6-12(7-5-11)22(25)26/h4-7H,3,8-10,17H2,1-2H3,(H2,16,19)(H,18,24). The number of hydrazine groups is 1. The van der Waals surface area contributed by atoms with E-state index in [2.05, 4.69) is 10.4 Å². The van der Waals surface area contributed by atoms with Crippen molar-refractivity contribution in [1.82, 2.24) is 15.3 Å². The third-order valence-electron chi connectivity index (χ3n) is 3.14. The summed E-state index contributed by atoms with van der Waals surface area (Å²) in [5.41, 5.74) is 6.32. The average Bonchev–Trinajstić information content (AvgIpc) is 2.59. The molecule has 0 radical (unpaired) electrons. The van der Waals surface area contributed by atoms with Crippen molar-refractivity contribution in [2.45, 2.75) is 13.5 Å². The number of carbonyl (C=O) groups is 2. The van der Waals surface area contributed by atoms with Crippen molar-refractivity contribution in [3.63, 3.8) is 0 Å². The summed E-state index contributed by atoms with van der Waals surface area (Å²) in [7, 11) is 1.47. The van der Waals surface area contributed by atoms with Crippen LogP contribution in [0.1, 0.15) is 12.5 Å². The molecule has 0 fully saturated rings. The van der Waals surface area contributed by atoms with E-state index in [0.29, 0.717) is 5.56 Å². The highest BCUT2D eigenvalue weighted by Gasteiger charge is 2.17. The number of nitro groups is 1. The lowest BCUT2D eigenvalue weighted by Crippen LogP contribution is -2.46. The van der Waals surface area contributed by atoms with Gasteiger partial charge in [-0.3, -0.25) is 14.9 Å². The van der Waals surface area contributed by atoms with E-state index in [0.717, 1.165) is 5.12 Å². The fraction of sp³-hybridized carbons (Fsp3) is 0.400. The summed E-state index contributed by atoms with van der Waals surface area (Å²) in [5.74, 6) is 4.88. The van der Waals surface area contributed by atoms with Crippen LogP contribution < -0.4 is 16.9 Å². The molecule has 0 aromatic heterocycles. The molecule has 5 N–H and O–H groups in total. The third-order valence-corrected chi connectivity index (χ3v) is 3.14.